The molecule has 1 aliphatic carbocycles. The summed E-state index contributed by atoms with van der Waals surface area (Å²) in [6.07, 6.45) is 6.78. The van der Waals surface area contributed by atoms with E-state index in [1.165, 1.54) is 32.1 Å². The minimum Gasteiger partial charge on any atom is -0.349 e. The molecule has 0 amide bonds. The number of nitrogens with zero attached hydrogens (tertiary/aromatic N) is 3. The van der Waals surface area contributed by atoms with E-state index in [-0.39, 0.29) is 24.0 Å². The smallest absolute Gasteiger partial charge is 0.195 e. The van der Waals surface area contributed by atoms with E-state index in [4.69, 9.17) is 4.99 Å². The van der Waals surface area contributed by atoms with Gasteiger partial charge in [-0.15, -0.1) is 24.0 Å². The van der Waals surface area contributed by atoms with Gasteiger partial charge in [0.05, 0.1) is 0 Å². The van der Waals surface area contributed by atoms with Gasteiger partial charge in [0.15, 0.2) is 5.96 Å². The Kier molecular flexibility index (Phi) is 7.44. The Morgan fingerprint density at radius 1 is 1.06 bits per heavy atom. The highest BCUT2D eigenvalue weighted by molar-refractivity contribution is 14.0. The first-order valence-corrected chi connectivity index (χ1v) is 6.40. The molecule has 102 valence electrons. The Balaban J connectivity index is 0.00000256. The van der Waals surface area contributed by atoms with Crippen molar-refractivity contribution in [2.75, 3.05) is 34.7 Å². The maximum absolute atomic E-state index is 4.82. The van der Waals surface area contributed by atoms with Gasteiger partial charge >= 0.3 is 0 Å². The predicted molar refractivity (Wildman–Crippen MR) is 86.3 cm³/mol. The van der Waals surface area contributed by atoms with Crippen molar-refractivity contribution in [1.29, 1.82) is 0 Å². The summed E-state index contributed by atoms with van der Waals surface area (Å²) in [5, 5.41) is 0. The molecule has 0 heterocycles. The normalized spacial score (nSPS) is 17.2. The van der Waals surface area contributed by atoms with Crippen LogP contribution in [0.3, 0.4) is 0 Å². The number of guanidine groups is 1. The molecular weight excluding hydrogens is 325 g/mol. The molecule has 17 heavy (non-hydrogen) atoms. The molecule has 0 aromatic rings. The zero-order chi connectivity index (χ0) is 12.2. The lowest BCUT2D eigenvalue weighted by Gasteiger charge is -2.28. The Labute approximate surface area is 124 Å². The highest BCUT2D eigenvalue weighted by Crippen LogP contribution is 2.41. The molecule has 0 saturated heterocycles. The Bertz CT molecular complexity index is 233. The molecule has 0 unspecified atom stereocenters. The van der Waals surface area contributed by atoms with E-state index in [1.807, 2.05) is 0 Å². The van der Waals surface area contributed by atoms with Crippen LogP contribution in [0.25, 0.3) is 0 Å². The lowest BCUT2D eigenvalue weighted by molar-refractivity contribution is 0.294. The first kappa shape index (κ1) is 17.0. The summed E-state index contributed by atoms with van der Waals surface area (Å²) in [6, 6.07) is 0. The molecule has 1 saturated carbocycles. The molecule has 1 fully saturated rings. The van der Waals surface area contributed by atoms with Crippen LogP contribution in [-0.2, 0) is 0 Å². The Morgan fingerprint density at radius 3 is 1.88 bits per heavy atom. The lowest BCUT2D eigenvalue weighted by Crippen LogP contribution is -2.36. The van der Waals surface area contributed by atoms with Crippen molar-refractivity contribution in [2.24, 2.45) is 10.4 Å². The van der Waals surface area contributed by atoms with Crippen LogP contribution in [0, 0.1) is 5.41 Å². The zero-order valence-corrected chi connectivity index (χ0v) is 14.3. The number of hydrogen-bond donors (Lipinski definition) is 0. The Morgan fingerprint density at radius 2 is 1.53 bits per heavy atom. The second-order valence-electron chi connectivity index (χ2n) is 5.47. The fraction of sp³-hybridized carbons (Fsp3) is 0.923. The standard InChI is InChI=1S/C13H27N3.HI/c1-6-13(9-7-8-10-13)11-14-12(15(2)3)16(4)5;/h6-11H2,1-5H3;1H. The molecule has 0 aromatic heterocycles. The van der Waals surface area contributed by atoms with Crippen molar-refractivity contribution < 1.29 is 0 Å². The molecule has 0 aliphatic heterocycles. The van der Waals surface area contributed by atoms with Gasteiger partial charge in [-0.2, -0.15) is 0 Å². The first-order valence-electron chi connectivity index (χ1n) is 6.40. The van der Waals surface area contributed by atoms with Gasteiger partial charge in [0.2, 0.25) is 0 Å². The third-order valence-electron chi connectivity index (χ3n) is 3.77. The topological polar surface area (TPSA) is 18.8 Å². The second kappa shape index (κ2) is 7.44. The third kappa shape index (κ3) is 4.64. The summed E-state index contributed by atoms with van der Waals surface area (Å²) in [4.78, 5) is 9.01. The predicted octanol–water partition coefficient (Wildman–Crippen LogP) is 3.05. The maximum atomic E-state index is 4.82. The summed E-state index contributed by atoms with van der Waals surface area (Å²) in [6.45, 7) is 3.31. The lowest BCUT2D eigenvalue weighted by atomic mass is 9.84. The molecule has 3 nitrogen and oxygen atoms in total. The summed E-state index contributed by atoms with van der Waals surface area (Å²) in [5.74, 6) is 1.08. The van der Waals surface area contributed by atoms with E-state index in [0.717, 1.165) is 12.5 Å². The van der Waals surface area contributed by atoms with Crippen LogP contribution in [0.1, 0.15) is 39.0 Å². The minimum atomic E-state index is 0. The SMILES string of the molecule is CCC1(CN=C(N(C)C)N(C)C)CCCC1.I. The molecule has 0 N–H and O–H groups in total. The van der Waals surface area contributed by atoms with Crippen molar-refractivity contribution in [1.82, 2.24) is 9.80 Å². The molecule has 0 atom stereocenters. The molecule has 0 bridgehead atoms. The largest absolute Gasteiger partial charge is 0.349 e. The van der Waals surface area contributed by atoms with E-state index in [2.05, 4.69) is 44.9 Å². The molecule has 1 rings (SSSR count). The van der Waals surface area contributed by atoms with Gasteiger partial charge in [-0.3, -0.25) is 4.99 Å². The summed E-state index contributed by atoms with van der Waals surface area (Å²) in [5.41, 5.74) is 0.497. The summed E-state index contributed by atoms with van der Waals surface area (Å²) < 4.78 is 0. The van der Waals surface area contributed by atoms with Crippen molar-refractivity contribution in [3.05, 3.63) is 0 Å². The highest BCUT2D eigenvalue weighted by atomic mass is 127. The molecule has 0 radical (unpaired) electrons. The van der Waals surface area contributed by atoms with Gasteiger partial charge in [-0.1, -0.05) is 19.8 Å². The highest BCUT2D eigenvalue weighted by Gasteiger charge is 2.31. The van der Waals surface area contributed by atoms with Crippen LogP contribution in [0.2, 0.25) is 0 Å². The molecule has 0 aromatic carbocycles. The van der Waals surface area contributed by atoms with E-state index < -0.39 is 0 Å². The van der Waals surface area contributed by atoms with E-state index in [9.17, 15) is 0 Å². The van der Waals surface area contributed by atoms with Gasteiger partial charge in [0, 0.05) is 34.7 Å². The van der Waals surface area contributed by atoms with Gasteiger partial charge in [-0.25, -0.2) is 0 Å². The van der Waals surface area contributed by atoms with Gasteiger partial charge in [0.1, 0.15) is 0 Å². The number of hydrogen-bond acceptors (Lipinski definition) is 1. The van der Waals surface area contributed by atoms with Crippen LogP contribution in [0.15, 0.2) is 4.99 Å². The van der Waals surface area contributed by atoms with Gasteiger partial charge in [-0.05, 0) is 24.7 Å². The maximum Gasteiger partial charge on any atom is 0.195 e. The van der Waals surface area contributed by atoms with Crippen molar-refractivity contribution in [3.63, 3.8) is 0 Å². The monoisotopic (exact) mass is 353 g/mol. The molecule has 1 aliphatic rings. The van der Waals surface area contributed by atoms with E-state index >= 15 is 0 Å². The first-order chi connectivity index (χ1) is 7.51. The average Bonchev–Trinajstić information content (AvgIpc) is 2.66. The van der Waals surface area contributed by atoms with Crippen LogP contribution >= 0.6 is 24.0 Å². The van der Waals surface area contributed by atoms with Crippen LogP contribution in [0.4, 0.5) is 0 Å². The van der Waals surface area contributed by atoms with Gasteiger partial charge < -0.3 is 9.80 Å². The van der Waals surface area contributed by atoms with E-state index in [0.29, 0.717) is 5.41 Å². The summed E-state index contributed by atoms with van der Waals surface area (Å²) in [7, 11) is 8.25. The number of rotatable bonds is 3. The molecule has 4 heteroatoms. The van der Waals surface area contributed by atoms with E-state index in [1.54, 1.807) is 0 Å². The fourth-order valence-corrected chi connectivity index (χ4v) is 2.67. The van der Waals surface area contributed by atoms with Crippen LogP contribution < -0.4 is 0 Å². The number of halogens is 1. The second-order valence-corrected chi connectivity index (χ2v) is 5.47. The zero-order valence-electron chi connectivity index (χ0n) is 12.0. The third-order valence-corrected chi connectivity index (χ3v) is 3.77. The fourth-order valence-electron chi connectivity index (χ4n) is 2.67. The van der Waals surface area contributed by atoms with Crippen molar-refractivity contribution in [2.45, 2.75) is 39.0 Å². The Hall–Kier alpha value is 0. The van der Waals surface area contributed by atoms with Crippen LogP contribution in [-0.4, -0.2) is 50.5 Å². The quantitative estimate of drug-likeness (QED) is 0.441. The van der Waals surface area contributed by atoms with Crippen molar-refractivity contribution in [3.8, 4) is 0 Å². The summed E-state index contributed by atoms with van der Waals surface area (Å²) >= 11 is 0. The average molecular weight is 353 g/mol. The molecular formula is C13H28IN3. The number of aliphatic imine (C=N–C) groups is 1. The van der Waals surface area contributed by atoms with Gasteiger partial charge in [0.25, 0.3) is 0 Å². The minimum absolute atomic E-state index is 0. The van der Waals surface area contributed by atoms with Crippen LogP contribution in [0.5, 0.6) is 0 Å². The van der Waals surface area contributed by atoms with Crippen molar-refractivity contribution >= 4 is 29.9 Å². The molecule has 0 spiro atoms.